The topological polar surface area (TPSA) is 58.6 Å². The fraction of sp³-hybridized carbons (Fsp3) is 0.562. The highest BCUT2D eigenvalue weighted by atomic mass is 19.4. The molecule has 0 saturated heterocycles. The molecule has 1 aliphatic rings. The van der Waals surface area contributed by atoms with E-state index in [1.807, 2.05) is 0 Å². The predicted molar refractivity (Wildman–Crippen MR) is 77.6 cm³/mol. The highest BCUT2D eigenvalue weighted by molar-refractivity contribution is 5.80. The van der Waals surface area contributed by atoms with Crippen molar-refractivity contribution in [1.29, 1.82) is 0 Å². The number of carbonyl (C=O) groups is 1. The third-order valence-electron chi connectivity index (χ3n) is 4.08. The summed E-state index contributed by atoms with van der Waals surface area (Å²) in [7, 11) is 1.41. The van der Waals surface area contributed by atoms with Gasteiger partial charge in [0.05, 0.1) is 30.2 Å². The second-order valence-corrected chi connectivity index (χ2v) is 5.74. The van der Waals surface area contributed by atoms with Crippen LogP contribution in [-0.2, 0) is 15.7 Å². The average Bonchev–Trinajstić information content (AvgIpc) is 2.92. The lowest BCUT2D eigenvalue weighted by molar-refractivity contribution is -0.137. The van der Waals surface area contributed by atoms with Crippen LogP contribution in [0.3, 0.4) is 0 Å². The number of benzene rings is 1. The number of rotatable bonds is 5. The SMILES string of the molecule is COCC(NC(=O)C1CCCC1O)c1cccc(C(F)(F)F)c1. The lowest BCUT2D eigenvalue weighted by atomic mass is 10.0. The van der Waals surface area contributed by atoms with Crippen LogP contribution >= 0.6 is 0 Å². The summed E-state index contributed by atoms with van der Waals surface area (Å²) in [4.78, 5) is 12.2. The molecule has 1 aliphatic carbocycles. The number of nitrogens with one attached hydrogen (secondary N) is 1. The standard InChI is InChI=1S/C16H20F3NO3/c1-23-9-13(20-15(22)12-6-3-7-14(12)21)10-4-2-5-11(8-10)16(17,18)19/h2,4-5,8,12-14,21H,3,6-7,9H2,1H3,(H,20,22). The lowest BCUT2D eigenvalue weighted by Crippen LogP contribution is -2.38. The van der Waals surface area contributed by atoms with E-state index in [1.54, 1.807) is 0 Å². The highest BCUT2D eigenvalue weighted by Crippen LogP contribution is 2.31. The molecule has 1 aromatic carbocycles. The predicted octanol–water partition coefficient (Wildman–Crippen LogP) is 2.67. The normalized spacial score (nSPS) is 22.8. The van der Waals surface area contributed by atoms with Gasteiger partial charge >= 0.3 is 6.18 Å². The first-order chi connectivity index (χ1) is 10.8. The molecule has 1 fully saturated rings. The van der Waals surface area contributed by atoms with Crippen molar-refractivity contribution >= 4 is 5.91 Å². The molecule has 2 rings (SSSR count). The molecule has 3 unspecified atom stereocenters. The van der Waals surface area contributed by atoms with Gasteiger partial charge in [-0.05, 0) is 37.0 Å². The van der Waals surface area contributed by atoms with Gasteiger partial charge in [0.1, 0.15) is 0 Å². The first kappa shape index (κ1) is 17.7. The van der Waals surface area contributed by atoms with Crippen molar-refractivity contribution in [3.63, 3.8) is 0 Å². The van der Waals surface area contributed by atoms with Gasteiger partial charge in [-0.3, -0.25) is 4.79 Å². The third-order valence-corrected chi connectivity index (χ3v) is 4.08. The minimum Gasteiger partial charge on any atom is -0.392 e. The monoisotopic (exact) mass is 331 g/mol. The van der Waals surface area contributed by atoms with Gasteiger partial charge in [-0.25, -0.2) is 0 Å². The molecular formula is C16H20F3NO3. The molecule has 4 nitrogen and oxygen atoms in total. The van der Waals surface area contributed by atoms with Crippen LogP contribution < -0.4 is 5.32 Å². The van der Waals surface area contributed by atoms with E-state index < -0.39 is 29.8 Å². The Morgan fingerprint density at radius 1 is 1.43 bits per heavy atom. The van der Waals surface area contributed by atoms with Crippen LogP contribution in [0.25, 0.3) is 0 Å². The number of methoxy groups -OCH3 is 1. The first-order valence-electron chi connectivity index (χ1n) is 7.47. The van der Waals surface area contributed by atoms with Gasteiger partial charge < -0.3 is 15.2 Å². The zero-order valence-corrected chi connectivity index (χ0v) is 12.8. The Morgan fingerprint density at radius 3 is 2.74 bits per heavy atom. The van der Waals surface area contributed by atoms with Crippen LogP contribution in [0.2, 0.25) is 0 Å². The maximum atomic E-state index is 12.8. The van der Waals surface area contributed by atoms with Crippen molar-refractivity contribution in [2.24, 2.45) is 5.92 Å². The summed E-state index contributed by atoms with van der Waals surface area (Å²) in [6.45, 7) is 0.0515. The van der Waals surface area contributed by atoms with E-state index in [9.17, 15) is 23.1 Å². The van der Waals surface area contributed by atoms with Gasteiger partial charge in [0.15, 0.2) is 0 Å². The minimum absolute atomic E-state index is 0.0515. The van der Waals surface area contributed by atoms with Crippen molar-refractivity contribution in [2.45, 2.75) is 37.6 Å². The highest BCUT2D eigenvalue weighted by Gasteiger charge is 2.34. The van der Waals surface area contributed by atoms with Gasteiger partial charge in [0, 0.05) is 7.11 Å². The van der Waals surface area contributed by atoms with Gasteiger partial charge in [0.2, 0.25) is 5.91 Å². The fourth-order valence-electron chi connectivity index (χ4n) is 2.84. The largest absolute Gasteiger partial charge is 0.416 e. The Balaban J connectivity index is 2.16. The smallest absolute Gasteiger partial charge is 0.392 e. The Kier molecular flexibility index (Phi) is 5.64. The van der Waals surface area contributed by atoms with Crippen LogP contribution in [0, 0.1) is 5.92 Å². The van der Waals surface area contributed by atoms with Crippen LogP contribution in [0.1, 0.15) is 36.4 Å². The van der Waals surface area contributed by atoms with E-state index in [-0.39, 0.29) is 12.5 Å². The summed E-state index contributed by atoms with van der Waals surface area (Å²) in [6, 6.07) is 4.12. The summed E-state index contributed by atoms with van der Waals surface area (Å²) in [5.74, 6) is -0.866. The zero-order valence-electron chi connectivity index (χ0n) is 12.8. The fourth-order valence-corrected chi connectivity index (χ4v) is 2.84. The number of aliphatic hydroxyl groups is 1. The molecule has 3 atom stereocenters. The summed E-state index contributed by atoms with van der Waals surface area (Å²) >= 11 is 0. The zero-order chi connectivity index (χ0) is 17.0. The number of amides is 1. The number of aliphatic hydroxyl groups excluding tert-OH is 1. The average molecular weight is 331 g/mol. The lowest BCUT2D eigenvalue weighted by Gasteiger charge is -2.22. The van der Waals surface area contributed by atoms with Crippen molar-refractivity contribution < 1.29 is 27.8 Å². The molecule has 1 aromatic rings. The molecule has 0 spiro atoms. The van der Waals surface area contributed by atoms with Crippen molar-refractivity contribution in [1.82, 2.24) is 5.32 Å². The maximum absolute atomic E-state index is 12.8. The van der Waals surface area contributed by atoms with Gasteiger partial charge in [-0.15, -0.1) is 0 Å². The van der Waals surface area contributed by atoms with Gasteiger partial charge in [-0.2, -0.15) is 13.2 Å². The first-order valence-corrected chi connectivity index (χ1v) is 7.47. The number of ether oxygens (including phenoxy) is 1. The Labute approximate surface area is 132 Å². The van der Waals surface area contributed by atoms with E-state index in [0.717, 1.165) is 18.6 Å². The molecule has 1 amide bonds. The molecule has 2 N–H and O–H groups in total. The summed E-state index contributed by atoms with van der Waals surface area (Å²) in [5.41, 5.74) is -0.450. The van der Waals surface area contributed by atoms with Crippen molar-refractivity contribution in [3.8, 4) is 0 Å². The summed E-state index contributed by atoms with van der Waals surface area (Å²) in [6.07, 6.45) is -3.23. The Morgan fingerprint density at radius 2 is 2.17 bits per heavy atom. The van der Waals surface area contributed by atoms with Crippen LogP contribution in [0.15, 0.2) is 24.3 Å². The molecule has 23 heavy (non-hydrogen) atoms. The van der Waals surface area contributed by atoms with Crippen molar-refractivity contribution in [2.75, 3.05) is 13.7 Å². The number of hydrogen-bond acceptors (Lipinski definition) is 3. The van der Waals surface area contributed by atoms with Crippen LogP contribution in [-0.4, -0.2) is 30.8 Å². The number of halogens is 3. The third kappa shape index (κ3) is 4.45. The Bertz CT molecular complexity index is 548. The number of alkyl halides is 3. The number of carbonyl (C=O) groups excluding carboxylic acids is 1. The van der Waals surface area contributed by atoms with Gasteiger partial charge in [0.25, 0.3) is 0 Å². The van der Waals surface area contributed by atoms with Gasteiger partial charge in [-0.1, -0.05) is 12.1 Å². The maximum Gasteiger partial charge on any atom is 0.416 e. The van der Waals surface area contributed by atoms with Crippen molar-refractivity contribution in [3.05, 3.63) is 35.4 Å². The molecule has 0 heterocycles. The van der Waals surface area contributed by atoms with E-state index in [4.69, 9.17) is 4.74 Å². The van der Waals surface area contributed by atoms with Crippen LogP contribution in [0.4, 0.5) is 13.2 Å². The molecule has 128 valence electrons. The second kappa shape index (κ2) is 7.31. The summed E-state index contributed by atoms with van der Waals surface area (Å²) < 4.78 is 43.5. The molecule has 0 aromatic heterocycles. The quantitative estimate of drug-likeness (QED) is 0.872. The molecule has 7 heteroatoms. The minimum atomic E-state index is -4.45. The number of hydrogen-bond donors (Lipinski definition) is 2. The van der Waals surface area contributed by atoms with E-state index in [0.29, 0.717) is 18.4 Å². The molecule has 0 bridgehead atoms. The molecule has 1 saturated carbocycles. The van der Waals surface area contributed by atoms with E-state index >= 15 is 0 Å². The molecule has 0 aliphatic heterocycles. The molecular weight excluding hydrogens is 311 g/mol. The molecule has 0 radical (unpaired) electrons. The van der Waals surface area contributed by atoms with E-state index in [1.165, 1.54) is 19.2 Å². The Hall–Kier alpha value is -1.60. The summed E-state index contributed by atoms with van der Waals surface area (Å²) in [5, 5.41) is 12.5. The van der Waals surface area contributed by atoms with Crippen LogP contribution in [0.5, 0.6) is 0 Å². The second-order valence-electron chi connectivity index (χ2n) is 5.74. The van der Waals surface area contributed by atoms with E-state index in [2.05, 4.69) is 5.32 Å².